The van der Waals surface area contributed by atoms with Crippen molar-refractivity contribution in [1.29, 1.82) is 0 Å². The molecule has 1 amide bonds. The molecule has 1 aromatic carbocycles. The number of carbonyl (C=O) groups excluding carboxylic acids is 1. The van der Waals surface area contributed by atoms with E-state index >= 15 is 0 Å². The van der Waals surface area contributed by atoms with Gasteiger partial charge in [-0.1, -0.05) is 6.07 Å². The average Bonchev–Trinajstić information content (AvgIpc) is 3.64. The molecule has 3 aliphatic rings. The molecule has 8 nitrogen and oxygen atoms in total. The normalized spacial score (nSPS) is 19.5. The fraction of sp³-hybridized carbons (Fsp3) is 0.520. The van der Waals surface area contributed by atoms with Crippen LogP contribution in [-0.4, -0.2) is 55.5 Å². The summed E-state index contributed by atoms with van der Waals surface area (Å²) >= 11 is 0. The van der Waals surface area contributed by atoms with E-state index in [9.17, 15) is 18.0 Å². The molecule has 1 saturated heterocycles. The Morgan fingerprint density at radius 3 is 2.28 bits per heavy atom. The molecule has 0 N–H and O–H groups in total. The molecule has 190 valence electrons. The Kier molecular flexibility index (Phi) is 6.72. The van der Waals surface area contributed by atoms with Gasteiger partial charge in [0.1, 0.15) is 0 Å². The second kappa shape index (κ2) is 9.94. The third-order valence-electron chi connectivity index (χ3n) is 7.01. The van der Waals surface area contributed by atoms with Crippen molar-refractivity contribution in [3.05, 3.63) is 46.8 Å². The number of likely N-dealkylation sites (tertiary alicyclic amines) is 1. The van der Waals surface area contributed by atoms with Crippen molar-refractivity contribution in [2.45, 2.75) is 58.2 Å². The number of hydrogen-bond acceptors (Lipinski definition) is 6. The van der Waals surface area contributed by atoms with Gasteiger partial charge in [-0.05, 0) is 85.9 Å². The highest BCUT2D eigenvalue weighted by Gasteiger charge is 2.32. The number of alkyl halides is 3. The Bertz CT molecular complexity index is 1220. The number of aromatic nitrogens is 4. The fourth-order valence-corrected chi connectivity index (χ4v) is 4.80. The highest BCUT2D eigenvalue weighted by molar-refractivity contribution is 5.98. The Morgan fingerprint density at radius 1 is 1.06 bits per heavy atom. The Labute approximate surface area is 207 Å². The van der Waals surface area contributed by atoms with Gasteiger partial charge in [0.15, 0.2) is 5.82 Å². The van der Waals surface area contributed by atoms with Crippen molar-refractivity contribution < 1.29 is 18.0 Å². The van der Waals surface area contributed by atoms with Crippen LogP contribution in [0.5, 0.6) is 0 Å². The third kappa shape index (κ3) is 5.71. The predicted molar refractivity (Wildman–Crippen MR) is 128 cm³/mol. The highest BCUT2D eigenvalue weighted by Crippen LogP contribution is 2.35. The first-order valence-electron chi connectivity index (χ1n) is 12.3. The maximum absolute atomic E-state index is 13.3. The summed E-state index contributed by atoms with van der Waals surface area (Å²) < 4.78 is 39.8. The first-order valence-corrected chi connectivity index (χ1v) is 12.3. The molecule has 1 aromatic heterocycles. The maximum Gasteiger partial charge on any atom is 0.416 e. The van der Waals surface area contributed by atoms with Gasteiger partial charge in [-0.25, -0.2) is 0 Å². The van der Waals surface area contributed by atoms with Crippen molar-refractivity contribution in [1.82, 2.24) is 25.1 Å². The molecular weight excluding hydrogens is 471 g/mol. The molecule has 3 heterocycles. The van der Waals surface area contributed by atoms with Crippen LogP contribution in [-0.2, 0) is 17.5 Å². The van der Waals surface area contributed by atoms with Gasteiger partial charge in [-0.3, -0.25) is 4.79 Å². The zero-order valence-corrected chi connectivity index (χ0v) is 20.1. The predicted octanol–water partition coefficient (Wildman–Crippen LogP) is 4.30. The monoisotopic (exact) mass is 499 g/mol. The van der Waals surface area contributed by atoms with Crippen LogP contribution in [0.25, 0.3) is 6.08 Å². The largest absolute Gasteiger partial charge is 0.416 e. The van der Waals surface area contributed by atoms with Crippen LogP contribution in [0.3, 0.4) is 0 Å². The number of carbonyl (C=O) groups is 1. The molecule has 0 atom stereocenters. The lowest BCUT2D eigenvalue weighted by Gasteiger charge is -2.32. The van der Waals surface area contributed by atoms with Gasteiger partial charge in [-0.2, -0.15) is 28.2 Å². The van der Waals surface area contributed by atoms with Crippen molar-refractivity contribution in [2.75, 3.05) is 13.1 Å². The number of piperidine rings is 1. The van der Waals surface area contributed by atoms with Gasteiger partial charge in [0, 0.05) is 36.5 Å². The molecule has 36 heavy (non-hydrogen) atoms. The van der Waals surface area contributed by atoms with E-state index in [-0.39, 0.29) is 12.5 Å². The molecule has 11 heteroatoms. The molecular formula is C25H28F3N7O. The van der Waals surface area contributed by atoms with E-state index in [1.807, 2.05) is 0 Å². The van der Waals surface area contributed by atoms with E-state index in [0.717, 1.165) is 43.5 Å². The van der Waals surface area contributed by atoms with E-state index in [2.05, 4.69) is 25.6 Å². The van der Waals surface area contributed by atoms with E-state index in [1.54, 1.807) is 17.9 Å². The number of tetrazole rings is 1. The standard InChI is InChI=1S/C25H28F3N7O/c1-16-29-33-35(32-16)15-20-14-21(25(26,27)28)6-4-17(20)5-9-24(36)34-12-10-19(11-13-34)23-8-7-22(30-31-23)18-2-3-18/h4-6,9,14,18-19H,2-3,7-8,10-13,15H2,1H3/b9-5+. The van der Waals surface area contributed by atoms with Crippen LogP contribution in [0, 0.1) is 18.8 Å². The number of hydrogen-bond donors (Lipinski definition) is 0. The van der Waals surface area contributed by atoms with E-state index in [4.69, 9.17) is 0 Å². The summed E-state index contributed by atoms with van der Waals surface area (Å²) in [6.07, 6.45) is 4.64. The summed E-state index contributed by atoms with van der Waals surface area (Å²) in [5, 5.41) is 20.6. The topological polar surface area (TPSA) is 88.6 Å². The van der Waals surface area contributed by atoms with Crippen LogP contribution < -0.4 is 0 Å². The number of nitrogens with zero attached hydrogens (tertiary/aromatic N) is 7. The van der Waals surface area contributed by atoms with Gasteiger partial charge in [0.2, 0.25) is 5.91 Å². The van der Waals surface area contributed by atoms with Crippen molar-refractivity contribution in [3.8, 4) is 0 Å². The van der Waals surface area contributed by atoms with Gasteiger partial charge in [0.05, 0.1) is 12.1 Å². The first kappa shape index (κ1) is 24.3. The van der Waals surface area contributed by atoms with Crippen molar-refractivity contribution in [2.24, 2.45) is 22.0 Å². The summed E-state index contributed by atoms with van der Waals surface area (Å²) in [6, 6.07) is 3.45. The minimum Gasteiger partial charge on any atom is -0.339 e. The maximum atomic E-state index is 13.3. The van der Waals surface area contributed by atoms with Crippen LogP contribution in [0.1, 0.15) is 61.0 Å². The lowest BCUT2D eigenvalue weighted by molar-refractivity contribution is -0.137. The van der Waals surface area contributed by atoms with Gasteiger partial charge in [-0.15, -0.1) is 10.2 Å². The van der Waals surface area contributed by atoms with E-state index in [0.29, 0.717) is 41.9 Å². The Hall–Kier alpha value is -3.37. The number of halogens is 3. The van der Waals surface area contributed by atoms with Crippen molar-refractivity contribution in [3.63, 3.8) is 0 Å². The number of rotatable bonds is 6. The highest BCUT2D eigenvalue weighted by atomic mass is 19.4. The quantitative estimate of drug-likeness (QED) is 0.555. The zero-order valence-electron chi connectivity index (χ0n) is 20.1. The number of benzene rings is 1. The van der Waals surface area contributed by atoms with Crippen LogP contribution >= 0.6 is 0 Å². The molecule has 1 aliphatic carbocycles. The smallest absolute Gasteiger partial charge is 0.339 e. The zero-order chi connectivity index (χ0) is 25.3. The fourth-order valence-electron chi connectivity index (χ4n) is 4.80. The SMILES string of the molecule is Cc1nnn(Cc2cc(C(F)(F)F)ccc2/C=C/C(=O)N2CCC(C3=NN=C(C4CC4)CC3)CC2)n1. The molecule has 0 radical (unpaired) electrons. The lowest BCUT2D eigenvalue weighted by atomic mass is 9.88. The Morgan fingerprint density at radius 2 is 1.72 bits per heavy atom. The number of aryl methyl sites for hydroxylation is 1. The van der Waals surface area contributed by atoms with E-state index in [1.165, 1.54) is 35.5 Å². The first-order chi connectivity index (χ1) is 17.3. The molecule has 0 bridgehead atoms. The molecule has 2 aliphatic heterocycles. The summed E-state index contributed by atoms with van der Waals surface area (Å²) in [5.41, 5.74) is 2.48. The summed E-state index contributed by atoms with van der Waals surface area (Å²) in [7, 11) is 0. The second-order valence-electron chi connectivity index (χ2n) is 9.67. The average molecular weight is 500 g/mol. The van der Waals surface area contributed by atoms with E-state index < -0.39 is 11.7 Å². The van der Waals surface area contributed by atoms with Crippen LogP contribution in [0.15, 0.2) is 34.5 Å². The summed E-state index contributed by atoms with van der Waals surface area (Å²) in [5.74, 6) is 1.27. The molecule has 2 fully saturated rings. The van der Waals surface area contributed by atoms with Crippen LogP contribution in [0.2, 0.25) is 0 Å². The summed E-state index contributed by atoms with van der Waals surface area (Å²) in [6.45, 7) is 2.90. The van der Waals surface area contributed by atoms with Gasteiger partial charge in [0.25, 0.3) is 0 Å². The Balaban J connectivity index is 1.23. The molecule has 0 spiro atoms. The molecule has 1 saturated carbocycles. The minimum atomic E-state index is -4.48. The number of amides is 1. The van der Waals surface area contributed by atoms with Gasteiger partial charge >= 0.3 is 6.18 Å². The van der Waals surface area contributed by atoms with Crippen LogP contribution in [0.4, 0.5) is 13.2 Å². The second-order valence-corrected chi connectivity index (χ2v) is 9.67. The molecule has 2 aromatic rings. The van der Waals surface area contributed by atoms with Crippen molar-refractivity contribution >= 4 is 23.4 Å². The summed E-state index contributed by atoms with van der Waals surface area (Å²) in [4.78, 5) is 15.9. The third-order valence-corrected chi connectivity index (χ3v) is 7.01. The molecule has 5 rings (SSSR count). The molecule has 0 unspecified atom stereocenters. The van der Waals surface area contributed by atoms with Gasteiger partial charge < -0.3 is 4.90 Å². The lowest BCUT2D eigenvalue weighted by Crippen LogP contribution is -2.39. The minimum absolute atomic E-state index is 0.0110.